The summed E-state index contributed by atoms with van der Waals surface area (Å²) in [7, 11) is 1.74. The van der Waals surface area contributed by atoms with E-state index in [9.17, 15) is 13.6 Å². The van der Waals surface area contributed by atoms with Crippen LogP contribution in [0.4, 0.5) is 14.6 Å². The molecule has 1 amide bonds. The molecule has 0 atom stereocenters. The van der Waals surface area contributed by atoms with Crippen molar-refractivity contribution in [3.8, 4) is 0 Å². The van der Waals surface area contributed by atoms with E-state index in [1.54, 1.807) is 17.9 Å². The Morgan fingerprint density at radius 3 is 2.71 bits per heavy atom. The number of amides is 1. The molecule has 3 aromatic heterocycles. The van der Waals surface area contributed by atoms with E-state index in [4.69, 9.17) is 5.73 Å². The summed E-state index contributed by atoms with van der Waals surface area (Å²) in [5.74, 6) is -1.51. The van der Waals surface area contributed by atoms with Crippen LogP contribution in [0.15, 0.2) is 35.1 Å². The van der Waals surface area contributed by atoms with Gasteiger partial charge in [-0.15, -0.1) is 0 Å². The summed E-state index contributed by atoms with van der Waals surface area (Å²) in [5.41, 5.74) is 7.01. The summed E-state index contributed by atoms with van der Waals surface area (Å²) in [4.78, 5) is 23.2. The molecular formula is C21H17BrF2N6O. The van der Waals surface area contributed by atoms with E-state index < -0.39 is 17.5 Å². The summed E-state index contributed by atoms with van der Waals surface area (Å²) in [6.07, 6.45) is 4.62. The number of rotatable bonds is 4. The summed E-state index contributed by atoms with van der Waals surface area (Å²) >= 11 is 3.17. The second kappa shape index (κ2) is 7.23. The molecular weight excluding hydrogens is 470 g/mol. The monoisotopic (exact) mass is 486 g/mol. The first kappa shape index (κ1) is 19.8. The maximum Gasteiger partial charge on any atom is 0.257 e. The highest BCUT2D eigenvalue weighted by Gasteiger charge is 2.35. The minimum Gasteiger partial charge on any atom is -0.383 e. The van der Waals surface area contributed by atoms with Gasteiger partial charge in [0.05, 0.1) is 40.4 Å². The third kappa shape index (κ3) is 3.40. The number of fused-ring (bicyclic) bond motifs is 3. The Bertz CT molecular complexity index is 1370. The van der Waals surface area contributed by atoms with Crippen molar-refractivity contribution in [2.45, 2.75) is 25.4 Å². The number of carbonyl (C=O) groups is 1. The Hall–Kier alpha value is -3.14. The molecule has 2 N–H and O–H groups in total. The molecule has 1 aromatic carbocycles. The van der Waals surface area contributed by atoms with Gasteiger partial charge in [0.2, 0.25) is 0 Å². The zero-order valence-electron chi connectivity index (χ0n) is 16.4. The standard InChI is InChI=1S/C21H17BrF2N6O/c1-29-19-13-5-12(15(23)6-17(13)28-20(25)14(19)8-27-29)21(31)30(11-2-3-11)9-18-16(24)4-10(22)7-26-18/h4-8,11H,2-3,9H2,1H3,(H2,25,28). The molecule has 0 saturated heterocycles. The van der Waals surface area contributed by atoms with Crippen LogP contribution in [-0.2, 0) is 13.6 Å². The molecule has 1 aliphatic carbocycles. The summed E-state index contributed by atoms with van der Waals surface area (Å²) in [6, 6.07) is 3.90. The number of nitrogen functional groups attached to an aromatic ring is 1. The van der Waals surface area contributed by atoms with Crippen LogP contribution in [0.1, 0.15) is 28.9 Å². The Kier molecular flexibility index (Phi) is 4.62. The van der Waals surface area contributed by atoms with Crippen molar-refractivity contribution in [2.75, 3.05) is 5.73 Å². The van der Waals surface area contributed by atoms with E-state index in [0.717, 1.165) is 12.8 Å². The van der Waals surface area contributed by atoms with Gasteiger partial charge in [0.25, 0.3) is 5.91 Å². The van der Waals surface area contributed by atoms with Crippen LogP contribution < -0.4 is 5.73 Å². The van der Waals surface area contributed by atoms with Gasteiger partial charge >= 0.3 is 0 Å². The lowest BCUT2D eigenvalue weighted by molar-refractivity contribution is 0.0721. The van der Waals surface area contributed by atoms with E-state index >= 15 is 0 Å². The van der Waals surface area contributed by atoms with Crippen LogP contribution in [0.3, 0.4) is 0 Å². The first-order valence-corrected chi connectivity index (χ1v) is 10.4. The first-order valence-electron chi connectivity index (χ1n) is 9.65. The van der Waals surface area contributed by atoms with Crippen LogP contribution in [0.5, 0.6) is 0 Å². The fourth-order valence-electron chi connectivity index (χ4n) is 3.77. The number of aryl methyl sites for hydroxylation is 1. The van der Waals surface area contributed by atoms with Crippen LogP contribution in [0.25, 0.3) is 21.8 Å². The fourth-order valence-corrected chi connectivity index (χ4v) is 4.07. The molecule has 0 spiro atoms. The second-order valence-corrected chi connectivity index (χ2v) is 8.54. The van der Waals surface area contributed by atoms with E-state index in [2.05, 4.69) is 31.0 Å². The van der Waals surface area contributed by atoms with Gasteiger partial charge in [-0.05, 0) is 40.9 Å². The van der Waals surface area contributed by atoms with E-state index in [1.165, 1.54) is 29.3 Å². The topological polar surface area (TPSA) is 89.9 Å². The van der Waals surface area contributed by atoms with Crippen molar-refractivity contribution in [3.05, 3.63) is 58.0 Å². The van der Waals surface area contributed by atoms with Crippen molar-refractivity contribution in [3.63, 3.8) is 0 Å². The molecule has 5 rings (SSSR count). The lowest BCUT2D eigenvalue weighted by atomic mass is 10.1. The van der Waals surface area contributed by atoms with Gasteiger partial charge in [0.15, 0.2) is 0 Å². The number of benzene rings is 1. The maximum absolute atomic E-state index is 15.0. The predicted octanol–water partition coefficient (Wildman–Crippen LogP) is 3.94. The Labute approximate surface area is 184 Å². The third-order valence-electron chi connectivity index (χ3n) is 5.48. The average molecular weight is 487 g/mol. The SMILES string of the molecule is Cn1ncc2c(N)nc3cc(F)c(C(=O)N(Cc4ncc(Br)cc4F)C4CC4)cc3c21. The molecule has 0 bridgehead atoms. The summed E-state index contributed by atoms with van der Waals surface area (Å²) in [5, 5.41) is 5.40. The quantitative estimate of drug-likeness (QED) is 0.471. The minimum absolute atomic E-state index is 0.0405. The van der Waals surface area contributed by atoms with Gasteiger partial charge in [-0.2, -0.15) is 5.10 Å². The number of hydrogen-bond donors (Lipinski definition) is 1. The number of pyridine rings is 2. The number of anilines is 1. The summed E-state index contributed by atoms with van der Waals surface area (Å²) in [6.45, 7) is -0.0405. The fraction of sp³-hybridized carbons (Fsp3) is 0.238. The van der Waals surface area contributed by atoms with Gasteiger partial charge in [0.1, 0.15) is 17.5 Å². The Morgan fingerprint density at radius 1 is 1.23 bits per heavy atom. The largest absolute Gasteiger partial charge is 0.383 e. The zero-order valence-corrected chi connectivity index (χ0v) is 18.0. The van der Waals surface area contributed by atoms with E-state index in [0.29, 0.717) is 26.3 Å². The van der Waals surface area contributed by atoms with Gasteiger partial charge in [0, 0.05) is 35.2 Å². The van der Waals surface area contributed by atoms with Crippen LogP contribution in [0.2, 0.25) is 0 Å². The van der Waals surface area contributed by atoms with Crippen LogP contribution >= 0.6 is 15.9 Å². The molecule has 31 heavy (non-hydrogen) atoms. The first-order chi connectivity index (χ1) is 14.8. The molecule has 158 valence electrons. The van der Waals surface area contributed by atoms with Gasteiger partial charge in [-0.3, -0.25) is 14.5 Å². The third-order valence-corrected chi connectivity index (χ3v) is 5.91. The zero-order chi connectivity index (χ0) is 21.9. The highest BCUT2D eigenvalue weighted by molar-refractivity contribution is 9.10. The van der Waals surface area contributed by atoms with Gasteiger partial charge in [-0.25, -0.2) is 13.8 Å². The number of halogens is 3. The van der Waals surface area contributed by atoms with Gasteiger partial charge in [-0.1, -0.05) is 0 Å². The molecule has 4 aromatic rings. The average Bonchev–Trinajstić information content (AvgIpc) is 3.48. The van der Waals surface area contributed by atoms with Crippen molar-refractivity contribution in [1.29, 1.82) is 0 Å². The van der Waals surface area contributed by atoms with Gasteiger partial charge < -0.3 is 10.6 Å². The normalized spacial score (nSPS) is 13.8. The van der Waals surface area contributed by atoms with Crippen molar-refractivity contribution in [2.24, 2.45) is 7.05 Å². The number of hydrogen-bond acceptors (Lipinski definition) is 5. The molecule has 0 radical (unpaired) electrons. The Morgan fingerprint density at radius 2 is 2.00 bits per heavy atom. The van der Waals surface area contributed by atoms with Crippen molar-refractivity contribution < 1.29 is 13.6 Å². The molecule has 1 saturated carbocycles. The summed E-state index contributed by atoms with van der Waals surface area (Å²) < 4.78 is 31.4. The van der Waals surface area contributed by atoms with Crippen molar-refractivity contribution >= 4 is 49.5 Å². The molecule has 0 unspecified atom stereocenters. The molecule has 7 nitrogen and oxygen atoms in total. The number of carbonyl (C=O) groups excluding carboxylic acids is 1. The lowest BCUT2D eigenvalue weighted by Gasteiger charge is -2.23. The van der Waals surface area contributed by atoms with Crippen LogP contribution in [0, 0.1) is 11.6 Å². The maximum atomic E-state index is 15.0. The molecule has 0 aliphatic heterocycles. The van der Waals surface area contributed by atoms with Crippen molar-refractivity contribution in [1.82, 2.24) is 24.6 Å². The van der Waals surface area contributed by atoms with E-state index in [1.807, 2.05) is 0 Å². The number of nitrogens with zero attached hydrogens (tertiary/aromatic N) is 5. The highest BCUT2D eigenvalue weighted by atomic mass is 79.9. The van der Waals surface area contributed by atoms with Crippen LogP contribution in [-0.4, -0.2) is 36.6 Å². The molecule has 3 heterocycles. The minimum atomic E-state index is -0.708. The molecule has 10 heteroatoms. The lowest BCUT2D eigenvalue weighted by Crippen LogP contribution is -2.34. The number of aromatic nitrogens is 4. The van der Waals surface area contributed by atoms with E-state index in [-0.39, 0.29) is 29.7 Å². The Balaban J connectivity index is 1.60. The second-order valence-electron chi connectivity index (χ2n) is 7.62. The molecule has 1 fully saturated rings. The number of nitrogens with two attached hydrogens (primary N) is 1. The predicted molar refractivity (Wildman–Crippen MR) is 115 cm³/mol. The smallest absolute Gasteiger partial charge is 0.257 e. The molecule has 1 aliphatic rings. The highest BCUT2D eigenvalue weighted by Crippen LogP contribution is 2.33.